The van der Waals surface area contributed by atoms with Crippen molar-refractivity contribution in [3.63, 3.8) is 0 Å². The summed E-state index contributed by atoms with van der Waals surface area (Å²) < 4.78 is 11.0. The van der Waals surface area contributed by atoms with E-state index in [2.05, 4.69) is 15.5 Å². The maximum Gasteiger partial charge on any atom is 0.258 e. The van der Waals surface area contributed by atoms with Crippen LogP contribution < -0.4 is 14.8 Å². The predicted molar refractivity (Wildman–Crippen MR) is 107 cm³/mol. The van der Waals surface area contributed by atoms with Crippen molar-refractivity contribution in [2.24, 2.45) is 0 Å². The molecule has 0 aliphatic rings. The highest BCUT2D eigenvalue weighted by Gasteiger charge is 2.05. The van der Waals surface area contributed by atoms with Gasteiger partial charge in [-0.15, -0.1) is 10.2 Å². The van der Waals surface area contributed by atoms with Gasteiger partial charge in [-0.2, -0.15) is 0 Å². The largest absolute Gasteiger partial charge is 0.484 e. The Balaban J connectivity index is 1.38. The van der Waals surface area contributed by atoms with Crippen LogP contribution in [0.25, 0.3) is 11.3 Å². The number of benzene rings is 2. The van der Waals surface area contributed by atoms with Crippen LogP contribution in [-0.4, -0.2) is 35.9 Å². The van der Waals surface area contributed by atoms with Crippen LogP contribution in [-0.2, 0) is 4.79 Å². The molecule has 0 saturated heterocycles. The van der Waals surface area contributed by atoms with E-state index in [1.54, 1.807) is 6.07 Å². The fourth-order valence-electron chi connectivity index (χ4n) is 2.53. The first-order chi connectivity index (χ1) is 13.6. The molecular weight excluding hydrogens is 354 g/mol. The molecule has 0 aliphatic heterocycles. The summed E-state index contributed by atoms with van der Waals surface area (Å²) in [5.74, 6) is 0.923. The van der Waals surface area contributed by atoms with Crippen molar-refractivity contribution in [3.05, 3.63) is 71.8 Å². The first kappa shape index (κ1) is 19.4. The topological polar surface area (TPSA) is 73.3 Å². The molecule has 0 aliphatic carbocycles. The summed E-state index contributed by atoms with van der Waals surface area (Å²) in [6.07, 6.45) is 0. The third-order valence-corrected chi connectivity index (χ3v) is 4.11. The second-order valence-electron chi connectivity index (χ2n) is 6.38. The number of hydrogen-bond donors (Lipinski definition) is 1. The van der Waals surface area contributed by atoms with Crippen molar-refractivity contribution in [1.82, 2.24) is 15.5 Å². The second-order valence-corrected chi connectivity index (χ2v) is 6.38. The first-order valence-electron chi connectivity index (χ1n) is 9.10. The molecule has 0 bridgehead atoms. The summed E-state index contributed by atoms with van der Waals surface area (Å²) in [6.45, 7) is 4.61. The van der Waals surface area contributed by atoms with Crippen LogP contribution in [0.5, 0.6) is 11.6 Å². The molecule has 1 N–H and O–H groups in total. The van der Waals surface area contributed by atoms with Crippen LogP contribution in [0.1, 0.15) is 11.1 Å². The SMILES string of the molecule is Cc1ccc(-c2ccc(OCCNC(=O)COc3ccccc3C)nn2)cc1. The molecule has 0 atom stereocenters. The van der Waals surface area contributed by atoms with Gasteiger partial charge in [-0.25, -0.2) is 0 Å². The second kappa shape index (κ2) is 9.50. The van der Waals surface area contributed by atoms with Gasteiger partial charge in [0.1, 0.15) is 12.4 Å². The number of amides is 1. The summed E-state index contributed by atoms with van der Waals surface area (Å²) in [7, 11) is 0. The van der Waals surface area contributed by atoms with Gasteiger partial charge in [0.25, 0.3) is 5.91 Å². The zero-order valence-electron chi connectivity index (χ0n) is 16.0. The highest BCUT2D eigenvalue weighted by molar-refractivity contribution is 5.77. The summed E-state index contributed by atoms with van der Waals surface area (Å²) in [6, 6.07) is 19.3. The molecule has 0 radical (unpaired) electrons. The summed E-state index contributed by atoms with van der Waals surface area (Å²) >= 11 is 0. The van der Waals surface area contributed by atoms with E-state index in [1.807, 2.05) is 68.4 Å². The molecule has 28 heavy (non-hydrogen) atoms. The first-order valence-corrected chi connectivity index (χ1v) is 9.10. The Kier molecular flexibility index (Phi) is 6.57. The number of ether oxygens (including phenoxy) is 2. The minimum Gasteiger partial charge on any atom is -0.484 e. The molecule has 144 valence electrons. The lowest BCUT2D eigenvalue weighted by Crippen LogP contribution is -2.32. The van der Waals surface area contributed by atoms with Crippen LogP contribution in [0.15, 0.2) is 60.7 Å². The standard InChI is InChI=1S/C22H23N3O3/c1-16-7-9-18(10-8-16)19-11-12-22(25-24-19)27-14-13-23-21(26)15-28-20-6-4-3-5-17(20)2/h3-12H,13-15H2,1-2H3,(H,23,26). The maximum absolute atomic E-state index is 11.8. The van der Waals surface area contributed by atoms with Crippen molar-refractivity contribution >= 4 is 5.91 Å². The zero-order chi connectivity index (χ0) is 19.8. The molecule has 0 fully saturated rings. The Morgan fingerprint density at radius 2 is 1.71 bits per heavy atom. The van der Waals surface area contributed by atoms with Crippen molar-refractivity contribution < 1.29 is 14.3 Å². The summed E-state index contributed by atoms with van der Waals surface area (Å²) in [5, 5.41) is 11.0. The minimum atomic E-state index is -0.201. The monoisotopic (exact) mass is 377 g/mol. The summed E-state index contributed by atoms with van der Waals surface area (Å²) in [5.41, 5.74) is 3.98. The van der Waals surface area contributed by atoms with Crippen molar-refractivity contribution in [3.8, 4) is 22.9 Å². The molecule has 1 amide bonds. The molecule has 3 aromatic rings. The van der Waals surface area contributed by atoms with Gasteiger partial charge in [-0.3, -0.25) is 4.79 Å². The Labute approximate surface area is 164 Å². The number of carbonyl (C=O) groups excluding carboxylic acids is 1. The fourth-order valence-corrected chi connectivity index (χ4v) is 2.53. The maximum atomic E-state index is 11.8. The van der Waals surface area contributed by atoms with Crippen molar-refractivity contribution in [2.45, 2.75) is 13.8 Å². The normalized spacial score (nSPS) is 10.4. The molecule has 0 saturated carbocycles. The summed E-state index contributed by atoms with van der Waals surface area (Å²) in [4.78, 5) is 11.8. The van der Waals surface area contributed by atoms with Gasteiger partial charge >= 0.3 is 0 Å². The highest BCUT2D eigenvalue weighted by atomic mass is 16.5. The van der Waals surface area contributed by atoms with Gasteiger partial charge < -0.3 is 14.8 Å². The van der Waals surface area contributed by atoms with E-state index in [4.69, 9.17) is 9.47 Å². The molecule has 2 aromatic carbocycles. The molecule has 6 heteroatoms. The molecule has 6 nitrogen and oxygen atoms in total. The van der Waals surface area contributed by atoms with Crippen molar-refractivity contribution in [2.75, 3.05) is 19.8 Å². The van der Waals surface area contributed by atoms with Crippen LogP contribution in [0.3, 0.4) is 0 Å². The van der Waals surface area contributed by atoms with Crippen LogP contribution in [0, 0.1) is 13.8 Å². The van der Waals surface area contributed by atoms with Gasteiger partial charge in [0.2, 0.25) is 5.88 Å². The van der Waals surface area contributed by atoms with Gasteiger partial charge in [-0.1, -0.05) is 48.0 Å². The van der Waals surface area contributed by atoms with E-state index in [9.17, 15) is 4.79 Å². The number of aromatic nitrogens is 2. The van der Waals surface area contributed by atoms with Crippen LogP contribution >= 0.6 is 0 Å². The van der Waals surface area contributed by atoms with Gasteiger partial charge in [-0.05, 0) is 31.5 Å². The lowest BCUT2D eigenvalue weighted by atomic mass is 10.1. The van der Waals surface area contributed by atoms with E-state index in [-0.39, 0.29) is 12.5 Å². The van der Waals surface area contributed by atoms with Gasteiger partial charge in [0.15, 0.2) is 6.61 Å². The number of rotatable bonds is 8. The van der Waals surface area contributed by atoms with Crippen molar-refractivity contribution in [1.29, 1.82) is 0 Å². The van der Waals surface area contributed by atoms with Gasteiger partial charge in [0, 0.05) is 11.6 Å². The third kappa shape index (κ3) is 5.54. The van der Waals surface area contributed by atoms with E-state index < -0.39 is 0 Å². The highest BCUT2D eigenvalue weighted by Crippen LogP contribution is 2.18. The van der Waals surface area contributed by atoms with Gasteiger partial charge in [0.05, 0.1) is 12.2 Å². The Bertz CT molecular complexity index is 909. The third-order valence-electron chi connectivity index (χ3n) is 4.11. The predicted octanol–water partition coefficient (Wildman–Crippen LogP) is 3.33. The average Bonchev–Trinajstić information content (AvgIpc) is 2.72. The Morgan fingerprint density at radius 1 is 0.929 bits per heavy atom. The van der Waals surface area contributed by atoms with E-state index >= 15 is 0 Å². The number of carbonyl (C=O) groups is 1. The van der Waals surface area contributed by atoms with E-state index in [0.29, 0.717) is 24.8 Å². The molecule has 1 aromatic heterocycles. The van der Waals surface area contributed by atoms with E-state index in [1.165, 1.54) is 5.56 Å². The lowest BCUT2D eigenvalue weighted by Gasteiger charge is -2.10. The van der Waals surface area contributed by atoms with Crippen LogP contribution in [0.4, 0.5) is 0 Å². The Morgan fingerprint density at radius 3 is 2.43 bits per heavy atom. The number of nitrogens with zero attached hydrogens (tertiary/aromatic N) is 2. The van der Waals surface area contributed by atoms with Crippen LogP contribution in [0.2, 0.25) is 0 Å². The smallest absolute Gasteiger partial charge is 0.258 e. The Hall–Kier alpha value is -3.41. The minimum absolute atomic E-state index is 0.0318. The zero-order valence-corrected chi connectivity index (χ0v) is 16.0. The molecule has 0 unspecified atom stereocenters. The number of aryl methyl sites for hydroxylation is 2. The molecule has 0 spiro atoms. The quantitative estimate of drug-likeness (QED) is 0.610. The lowest BCUT2D eigenvalue weighted by molar-refractivity contribution is -0.123. The van der Waals surface area contributed by atoms with E-state index in [0.717, 1.165) is 16.8 Å². The fraction of sp³-hybridized carbons (Fsp3) is 0.227. The number of hydrogen-bond acceptors (Lipinski definition) is 5. The number of nitrogens with one attached hydrogen (secondary N) is 1. The molecule has 1 heterocycles. The molecule has 3 rings (SSSR count). The number of para-hydroxylation sites is 1. The molecular formula is C22H23N3O3. The average molecular weight is 377 g/mol.